The number of rotatable bonds is 8. The number of amides is 1. The van der Waals surface area contributed by atoms with Crippen molar-refractivity contribution in [2.45, 2.75) is 33.7 Å². The highest BCUT2D eigenvalue weighted by molar-refractivity contribution is 7.22. The molecule has 1 N–H and O–H groups in total. The minimum Gasteiger partial charge on any atom is -0.349 e. The van der Waals surface area contributed by atoms with Crippen molar-refractivity contribution in [2.75, 3.05) is 49.5 Å². The lowest BCUT2D eigenvalue weighted by Crippen LogP contribution is -2.50. The van der Waals surface area contributed by atoms with Gasteiger partial charge >= 0.3 is 0 Å². The minimum atomic E-state index is -0.518. The van der Waals surface area contributed by atoms with E-state index in [1.54, 1.807) is 29.7 Å². The van der Waals surface area contributed by atoms with Gasteiger partial charge in [-0.25, -0.2) is 24.3 Å². The molecule has 1 fully saturated rings. The zero-order chi connectivity index (χ0) is 27.5. The normalized spacial score (nSPS) is 14.3. The molecule has 1 aromatic carbocycles. The molecule has 11 heteroatoms. The monoisotopic (exact) mass is 548 g/mol. The molecule has 0 radical (unpaired) electrons. The maximum atomic E-state index is 14.8. The minimum absolute atomic E-state index is 0.0770. The molecule has 1 amide bonds. The van der Waals surface area contributed by atoms with Crippen LogP contribution in [0.15, 0.2) is 42.7 Å². The van der Waals surface area contributed by atoms with Crippen LogP contribution in [0.5, 0.6) is 0 Å². The quantitative estimate of drug-likeness (QED) is 0.327. The Morgan fingerprint density at radius 2 is 1.82 bits per heavy atom. The summed E-state index contributed by atoms with van der Waals surface area (Å²) in [4.78, 5) is 36.9. The van der Waals surface area contributed by atoms with Crippen LogP contribution < -0.4 is 10.2 Å². The Bertz CT molecular complexity index is 1450. The highest BCUT2D eigenvalue weighted by Gasteiger charge is 2.24. The second-order valence-corrected chi connectivity index (χ2v) is 10.7. The van der Waals surface area contributed by atoms with Gasteiger partial charge in [0.2, 0.25) is 5.95 Å². The largest absolute Gasteiger partial charge is 0.349 e. The average Bonchev–Trinajstić information content (AvgIpc) is 3.38. The van der Waals surface area contributed by atoms with E-state index in [4.69, 9.17) is 4.98 Å². The van der Waals surface area contributed by atoms with E-state index in [9.17, 15) is 9.18 Å². The fraction of sp³-hybridized carbons (Fsp3) is 0.393. The average molecular weight is 549 g/mol. The zero-order valence-corrected chi connectivity index (χ0v) is 23.5. The fourth-order valence-corrected chi connectivity index (χ4v) is 5.72. The topological polar surface area (TPSA) is 90.4 Å². The number of benzene rings is 1. The third-order valence-corrected chi connectivity index (χ3v) is 8.10. The van der Waals surface area contributed by atoms with Crippen LogP contribution >= 0.6 is 11.3 Å². The third-order valence-electron chi connectivity index (χ3n) is 7.00. The van der Waals surface area contributed by atoms with Crippen molar-refractivity contribution in [3.8, 4) is 11.3 Å². The van der Waals surface area contributed by atoms with Gasteiger partial charge < -0.3 is 15.1 Å². The zero-order valence-electron chi connectivity index (χ0n) is 22.7. The number of halogens is 1. The Balaban J connectivity index is 1.30. The third kappa shape index (κ3) is 5.84. The lowest BCUT2D eigenvalue weighted by molar-refractivity contribution is 0.0590. The molecule has 4 aromatic rings. The van der Waals surface area contributed by atoms with Gasteiger partial charge in [-0.3, -0.25) is 9.69 Å². The van der Waals surface area contributed by atoms with Crippen molar-refractivity contribution < 1.29 is 9.18 Å². The van der Waals surface area contributed by atoms with Gasteiger partial charge in [0.05, 0.1) is 28.3 Å². The van der Waals surface area contributed by atoms with E-state index in [2.05, 4.69) is 57.8 Å². The van der Waals surface area contributed by atoms with Crippen LogP contribution in [0, 0.1) is 5.82 Å². The molecule has 9 nitrogen and oxygen atoms in total. The van der Waals surface area contributed by atoms with Crippen LogP contribution in [0.25, 0.3) is 21.5 Å². The van der Waals surface area contributed by atoms with Gasteiger partial charge in [-0.2, -0.15) is 0 Å². The van der Waals surface area contributed by atoms with E-state index in [0.717, 1.165) is 47.7 Å². The smallest absolute Gasteiger partial charge is 0.272 e. The Morgan fingerprint density at radius 1 is 1.05 bits per heavy atom. The summed E-state index contributed by atoms with van der Waals surface area (Å²) in [7, 11) is 0. The number of piperazine rings is 1. The number of hydrogen-bond donors (Lipinski definition) is 1. The predicted molar refractivity (Wildman–Crippen MR) is 154 cm³/mol. The number of pyridine rings is 1. The van der Waals surface area contributed by atoms with Crippen molar-refractivity contribution in [3.63, 3.8) is 0 Å². The van der Waals surface area contributed by atoms with E-state index >= 15 is 0 Å². The Labute approximate surface area is 231 Å². The predicted octanol–water partition coefficient (Wildman–Crippen LogP) is 5.04. The lowest BCUT2D eigenvalue weighted by atomic mass is 10.1. The molecule has 5 rings (SSSR count). The number of nitrogens with zero attached hydrogens (tertiary/aromatic N) is 7. The van der Waals surface area contributed by atoms with Gasteiger partial charge in [-0.15, -0.1) is 0 Å². The van der Waals surface area contributed by atoms with Crippen molar-refractivity contribution in [1.82, 2.24) is 29.7 Å². The number of hydrogen-bond acceptors (Lipinski definition) is 9. The summed E-state index contributed by atoms with van der Waals surface area (Å²) >= 11 is 1.62. The molecule has 3 aromatic heterocycles. The molecule has 0 aliphatic carbocycles. The molecule has 204 valence electrons. The number of nitrogens with one attached hydrogen (secondary N) is 1. The van der Waals surface area contributed by atoms with Crippen LogP contribution in [-0.2, 0) is 0 Å². The van der Waals surface area contributed by atoms with E-state index in [-0.39, 0.29) is 17.5 Å². The number of anilines is 3. The molecule has 0 bridgehead atoms. The molecule has 1 aliphatic heterocycles. The van der Waals surface area contributed by atoms with E-state index in [1.165, 1.54) is 0 Å². The first-order valence-corrected chi connectivity index (χ1v) is 14.1. The first kappa shape index (κ1) is 26.9. The van der Waals surface area contributed by atoms with Crippen LogP contribution in [0.2, 0.25) is 0 Å². The summed E-state index contributed by atoms with van der Waals surface area (Å²) in [5, 5.41) is 4.02. The summed E-state index contributed by atoms with van der Waals surface area (Å²) in [6.45, 7) is 13.4. The summed E-state index contributed by atoms with van der Waals surface area (Å²) in [5.41, 5.74) is 2.61. The highest BCUT2D eigenvalue weighted by atomic mass is 32.1. The van der Waals surface area contributed by atoms with Gasteiger partial charge in [-0.1, -0.05) is 17.4 Å². The van der Waals surface area contributed by atoms with Crippen molar-refractivity contribution in [3.05, 3.63) is 54.2 Å². The van der Waals surface area contributed by atoms with E-state index < -0.39 is 5.82 Å². The number of aromatic nitrogens is 4. The second-order valence-electron chi connectivity index (χ2n) is 9.72. The van der Waals surface area contributed by atoms with Gasteiger partial charge in [0.1, 0.15) is 11.4 Å². The Morgan fingerprint density at radius 3 is 2.49 bits per heavy atom. The number of carbonyl (C=O) groups is 1. The van der Waals surface area contributed by atoms with Crippen molar-refractivity contribution in [1.29, 1.82) is 0 Å². The van der Waals surface area contributed by atoms with E-state index in [0.29, 0.717) is 36.1 Å². The van der Waals surface area contributed by atoms with Crippen molar-refractivity contribution in [2.24, 2.45) is 0 Å². The van der Waals surface area contributed by atoms with Crippen LogP contribution in [0.3, 0.4) is 0 Å². The maximum Gasteiger partial charge on any atom is 0.272 e. The number of carbonyl (C=O) groups excluding carboxylic acids is 1. The standard InChI is InChI=1S/C28H33FN8OS/c1-5-35(6-2)28-33-23-15-19(7-10-24(23)39-28)25-21(29)17-31-27(34-25)32-20-8-9-22(30-16-20)26(38)37-13-11-36(12-14-37)18(3)4/h7-10,15-18H,5-6,11-14H2,1-4H3,(H,31,32,34). The SMILES string of the molecule is CCN(CC)c1nc2cc(-c3nc(Nc4ccc(C(=O)N5CCN(C(C)C)CC5)nc4)ncc3F)ccc2s1. The molecule has 39 heavy (non-hydrogen) atoms. The fourth-order valence-electron chi connectivity index (χ4n) is 4.65. The molecule has 0 unspecified atom stereocenters. The first-order valence-electron chi connectivity index (χ1n) is 13.3. The van der Waals surface area contributed by atoms with Crippen LogP contribution in [0.1, 0.15) is 38.2 Å². The van der Waals surface area contributed by atoms with Gasteiger partial charge in [0.15, 0.2) is 10.9 Å². The molecule has 1 saturated heterocycles. The van der Waals surface area contributed by atoms with Gasteiger partial charge in [0.25, 0.3) is 5.91 Å². The molecule has 0 atom stereocenters. The highest BCUT2D eigenvalue weighted by Crippen LogP contribution is 2.32. The molecule has 4 heterocycles. The molecular formula is C28H33FN8OS. The lowest BCUT2D eigenvalue weighted by Gasteiger charge is -2.36. The molecule has 0 spiro atoms. The van der Waals surface area contributed by atoms with Crippen LogP contribution in [0.4, 0.5) is 21.2 Å². The first-order chi connectivity index (χ1) is 18.9. The second kappa shape index (κ2) is 11.6. The summed E-state index contributed by atoms with van der Waals surface area (Å²) in [6.07, 6.45) is 2.72. The molecular weight excluding hydrogens is 515 g/mol. The van der Waals surface area contributed by atoms with Crippen molar-refractivity contribution >= 4 is 44.2 Å². The van der Waals surface area contributed by atoms with Crippen LogP contribution in [-0.4, -0.2) is 81.0 Å². The molecule has 1 aliphatic rings. The maximum absolute atomic E-state index is 14.8. The number of fused-ring (bicyclic) bond motifs is 1. The van der Waals surface area contributed by atoms with Gasteiger partial charge in [0, 0.05) is 50.9 Å². The Hall–Kier alpha value is -3.70. The number of thiazole rings is 1. The molecule has 0 saturated carbocycles. The Kier molecular flexibility index (Phi) is 7.99. The summed E-state index contributed by atoms with van der Waals surface area (Å²) < 4.78 is 15.8. The summed E-state index contributed by atoms with van der Waals surface area (Å²) in [5.74, 6) is -0.359. The van der Waals surface area contributed by atoms with Gasteiger partial charge in [-0.05, 0) is 52.0 Å². The van der Waals surface area contributed by atoms with E-state index in [1.807, 2.05) is 23.1 Å². The summed E-state index contributed by atoms with van der Waals surface area (Å²) in [6, 6.07) is 9.58.